The maximum absolute atomic E-state index is 12.4. The molecule has 0 bridgehead atoms. The van der Waals surface area contributed by atoms with E-state index in [-0.39, 0.29) is 11.9 Å². The first-order valence-electron chi connectivity index (χ1n) is 11.0. The van der Waals surface area contributed by atoms with Crippen LogP contribution in [0, 0.1) is 11.8 Å². The van der Waals surface area contributed by atoms with Crippen LogP contribution in [-0.4, -0.2) is 25.2 Å². The van der Waals surface area contributed by atoms with Crippen LogP contribution in [0.2, 0.25) is 0 Å². The lowest BCUT2D eigenvalue weighted by molar-refractivity contribution is -0.159. The van der Waals surface area contributed by atoms with Crippen molar-refractivity contribution in [1.82, 2.24) is 0 Å². The summed E-state index contributed by atoms with van der Waals surface area (Å²) in [6, 6.07) is 0. The van der Waals surface area contributed by atoms with E-state index in [0.717, 1.165) is 57.8 Å². The van der Waals surface area contributed by atoms with Gasteiger partial charge in [0.1, 0.15) is 0 Å². The molecule has 0 radical (unpaired) electrons. The van der Waals surface area contributed by atoms with Crippen molar-refractivity contribution in [3.63, 3.8) is 0 Å². The standard InChI is InChI=1S/C24H38O4/c1-3-5-7-9-11-15-19-27-23(25)21-17-13-14-18-22(21)24(26)28-20-16-12-10-8-6-4-2/h5-8,13,17,21-22H,3-4,9-12,14-16,18-20H2,1-2H3/b7-5+,8-6+. The van der Waals surface area contributed by atoms with E-state index < -0.39 is 11.8 Å². The predicted octanol–water partition coefficient (Wildman–Crippen LogP) is 5.93. The van der Waals surface area contributed by atoms with Gasteiger partial charge in [-0.25, -0.2) is 0 Å². The van der Waals surface area contributed by atoms with E-state index in [1.54, 1.807) is 0 Å². The molecule has 0 aromatic rings. The van der Waals surface area contributed by atoms with Gasteiger partial charge in [0.15, 0.2) is 0 Å². The fraction of sp³-hybridized carbons (Fsp3) is 0.667. The van der Waals surface area contributed by atoms with Crippen LogP contribution in [0.25, 0.3) is 0 Å². The quantitative estimate of drug-likeness (QED) is 0.210. The molecule has 0 aromatic heterocycles. The van der Waals surface area contributed by atoms with Gasteiger partial charge in [-0.1, -0.05) is 50.3 Å². The molecule has 0 aliphatic heterocycles. The molecule has 28 heavy (non-hydrogen) atoms. The molecule has 0 heterocycles. The summed E-state index contributed by atoms with van der Waals surface area (Å²) >= 11 is 0. The molecular formula is C24H38O4. The SMILES string of the molecule is CC/C=C/CCCCOC(=O)C1C=CCCC1C(=O)OCCCC/C=C/CC. The summed E-state index contributed by atoms with van der Waals surface area (Å²) in [6.07, 6.45) is 21.7. The van der Waals surface area contributed by atoms with Crippen molar-refractivity contribution >= 4 is 11.9 Å². The number of allylic oxidation sites excluding steroid dienone is 5. The van der Waals surface area contributed by atoms with Crippen LogP contribution in [0.4, 0.5) is 0 Å². The highest BCUT2D eigenvalue weighted by atomic mass is 16.5. The van der Waals surface area contributed by atoms with Crippen LogP contribution in [0.5, 0.6) is 0 Å². The number of ether oxygens (including phenoxy) is 2. The molecule has 0 fully saturated rings. The second-order valence-electron chi connectivity index (χ2n) is 7.22. The van der Waals surface area contributed by atoms with Gasteiger partial charge < -0.3 is 9.47 Å². The molecule has 1 rings (SSSR count). The van der Waals surface area contributed by atoms with E-state index >= 15 is 0 Å². The van der Waals surface area contributed by atoms with Crippen LogP contribution < -0.4 is 0 Å². The smallest absolute Gasteiger partial charge is 0.313 e. The Balaban J connectivity index is 2.30. The summed E-state index contributed by atoms with van der Waals surface area (Å²) < 4.78 is 10.9. The first kappa shape index (κ1) is 24.2. The van der Waals surface area contributed by atoms with E-state index in [1.807, 2.05) is 12.2 Å². The summed E-state index contributed by atoms with van der Waals surface area (Å²) in [5.41, 5.74) is 0. The monoisotopic (exact) mass is 390 g/mol. The third-order valence-corrected chi connectivity index (χ3v) is 4.82. The molecule has 1 aliphatic rings. The summed E-state index contributed by atoms with van der Waals surface area (Å²) in [5, 5.41) is 0. The van der Waals surface area contributed by atoms with Gasteiger partial charge in [-0.05, 0) is 64.2 Å². The fourth-order valence-corrected chi connectivity index (χ4v) is 3.19. The minimum absolute atomic E-state index is 0.264. The topological polar surface area (TPSA) is 52.6 Å². The van der Waals surface area contributed by atoms with Crippen LogP contribution in [-0.2, 0) is 19.1 Å². The number of carbonyl (C=O) groups excluding carboxylic acids is 2. The lowest BCUT2D eigenvalue weighted by Gasteiger charge is -2.24. The maximum Gasteiger partial charge on any atom is 0.313 e. The molecule has 158 valence electrons. The minimum Gasteiger partial charge on any atom is -0.465 e. The van der Waals surface area contributed by atoms with Crippen LogP contribution >= 0.6 is 0 Å². The Morgan fingerprint density at radius 3 is 2.00 bits per heavy atom. The molecule has 2 atom stereocenters. The molecule has 4 heteroatoms. The molecule has 2 unspecified atom stereocenters. The second-order valence-corrected chi connectivity index (χ2v) is 7.22. The zero-order valence-electron chi connectivity index (χ0n) is 17.7. The zero-order valence-corrected chi connectivity index (χ0v) is 17.7. The number of carbonyl (C=O) groups is 2. The summed E-state index contributed by atoms with van der Waals surface area (Å²) in [6.45, 7) is 5.06. The summed E-state index contributed by atoms with van der Waals surface area (Å²) in [5.74, 6) is -1.48. The first-order chi connectivity index (χ1) is 13.7. The van der Waals surface area contributed by atoms with Gasteiger partial charge >= 0.3 is 11.9 Å². The maximum atomic E-state index is 12.4. The Bertz CT molecular complexity index is 519. The molecule has 0 spiro atoms. The number of rotatable bonds is 14. The third-order valence-electron chi connectivity index (χ3n) is 4.82. The van der Waals surface area contributed by atoms with Crippen LogP contribution in [0.3, 0.4) is 0 Å². The van der Waals surface area contributed by atoms with E-state index in [4.69, 9.17) is 9.47 Å². The Morgan fingerprint density at radius 1 is 0.857 bits per heavy atom. The van der Waals surface area contributed by atoms with Gasteiger partial charge in [-0.2, -0.15) is 0 Å². The summed E-state index contributed by atoms with van der Waals surface area (Å²) in [4.78, 5) is 24.9. The second kappa shape index (κ2) is 16.1. The number of unbranched alkanes of at least 4 members (excludes halogenated alkanes) is 4. The highest BCUT2D eigenvalue weighted by Gasteiger charge is 2.35. The van der Waals surface area contributed by atoms with Crippen molar-refractivity contribution in [2.75, 3.05) is 13.2 Å². The molecule has 4 nitrogen and oxygen atoms in total. The largest absolute Gasteiger partial charge is 0.465 e. The molecule has 0 saturated carbocycles. The van der Waals surface area contributed by atoms with Gasteiger partial charge in [0.2, 0.25) is 0 Å². The average molecular weight is 391 g/mol. The Morgan fingerprint density at radius 2 is 1.43 bits per heavy atom. The van der Waals surface area contributed by atoms with Crippen molar-refractivity contribution in [3.8, 4) is 0 Å². The van der Waals surface area contributed by atoms with Crippen LogP contribution in [0.1, 0.15) is 78.1 Å². The first-order valence-corrected chi connectivity index (χ1v) is 11.0. The normalized spacial score (nSPS) is 19.4. The van der Waals surface area contributed by atoms with Gasteiger partial charge in [-0.3, -0.25) is 9.59 Å². The van der Waals surface area contributed by atoms with Crippen molar-refractivity contribution in [3.05, 3.63) is 36.5 Å². The van der Waals surface area contributed by atoms with Crippen molar-refractivity contribution in [1.29, 1.82) is 0 Å². The molecule has 0 N–H and O–H groups in total. The lowest BCUT2D eigenvalue weighted by atomic mass is 9.84. The van der Waals surface area contributed by atoms with E-state index in [1.165, 1.54) is 0 Å². The highest BCUT2D eigenvalue weighted by molar-refractivity contribution is 5.83. The Kier molecular flexibility index (Phi) is 14.0. The third kappa shape index (κ3) is 10.5. The minimum atomic E-state index is -0.506. The highest BCUT2D eigenvalue weighted by Crippen LogP contribution is 2.27. The average Bonchev–Trinajstić information content (AvgIpc) is 2.72. The van der Waals surface area contributed by atoms with Crippen LogP contribution in [0.15, 0.2) is 36.5 Å². The molecule has 0 saturated heterocycles. The molecule has 0 amide bonds. The van der Waals surface area contributed by atoms with Gasteiger partial charge in [0, 0.05) is 0 Å². The van der Waals surface area contributed by atoms with Gasteiger partial charge in [0.05, 0.1) is 25.0 Å². The fourth-order valence-electron chi connectivity index (χ4n) is 3.19. The zero-order chi connectivity index (χ0) is 20.5. The summed E-state index contributed by atoms with van der Waals surface area (Å²) in [7, 11) is 0. The van der Waals surface area contributed by atoms with Crippen molar-refractivity contribution in [2.45, 2.75) is 78.1 Å². The van der Waals surface area contributed by atoms with E-state index in [0.29, 0.717) is 19.6 Å². The number of hydrogen-bond acceptors (Lipinski definition) is 4. The molecular weight excluding hydrogens is 352 g/mol. The van der Waals surface area contributed by atoms with Crippen molar-refractivity contribution < 1.29 is 19.1 Å². The Labute approximate surface area is 171 Å². The van der Waals surface area contributed by atoms with Gasteiger partial charge in [0.25, 0.3) is 0 Å². The van der Waals surface area contributed by atoms with Gasteiger partial charge in [-0.15, -0.1) is 0 Å². The lowest BCUT2D eigenvalue weighted by Crippen LogP contribution is -2.33. The molecule has 1 aliphatic carbocycles. The van der Waals surface area contributed by atoms with E-state index in [2.05, 4.69) is 38.2 Å². The van der Waals surface area contributed by atoms with E-state index in [9.17, 15) is 9.59 Å². The number of hydrogen-bond donors (Lipinski definition) is 0. The van der Waals surface area contributed by atoms with Crippen molar-refractivity contribution in [2.24, 2.45) is 11.8 Å². The molecule has 0 aromatic carbocycles. The Hall–Kier alpha value is -1.84. The number of esters is 2. The predicted molar refractivity (Wildman–Crippen MR) is 114 cm³/mol.